The van der Waals surface area contributed by atoms with Gasteiger partial charge in [-0.15, -0.1) is 0 Å². The molecule has 0 amide bonds. The molecule has 8 nitrogen and oxygen atoms in total. The van der Waals surface area contributed by atoms with Crippen LogP contribution < -0.4 is 0 Å². The molecule has 2 N–H and O–H groups in total. The molecule has 0 aromatic rings. The number of hydrogen-bond donors (Lipinski definition) is 2. The van der Waals surface area contributed by atoms with Gasteiger partial charge in [0.2, 0.25) is 0 Å². The van der Waals surface area contributed by atoms with E-state index in [0.717, 1.165) is 83.6 Å². The van der Waals surface area contributed by atoms with Crippen molar-refractivity contribution >= 4 is 7.60 Å². The van der Waals surface area contributed by atoms with Crippen LogP contribution in [0.25, 0.3) is 0 Å². The molecule has 0 fully saturated rings. The topological polar surface area (TPSA) is 103 Å². The molecule has 0 spiro atoms. The average Bonchev–Trinajstić information content (AvgIpc) is 3.34. The van der Waals surface area contributed by atoms with Crippen molar-refractivity contribution in [2.45, 2.75) is 284 Å². The van der Waals surface area contributed by atoms with E-state index in [1.165, 1.54) is 231 Å². The van der Waals surface area contributed by atoms with E-state index in [2.05, 4.69) is 71.9 Å². The van der Waals surface area contributed by atoms with Crippen LogP contribution in [-0.2, 0) is 9.30 Å². The highest BCUT2D eigenvalue weighted by Gasteiger charge is 2.15. The summed E-state index contributed by atoms with van der Waals surface area (Å²) in [6, 6.07) is 0. The van der Waals surface area contributed by atoms with Gasteiger partial charge in [-0.05, 0) is 122 Å². The third-order valence-electron chi connectivity index (χ3n) is 14.0. The second-order valence-corrected chi connectivity index (χ2v) is 22.7. The largest absolute Gasteiger partial charge is 0.499 e. The van der Waals surface area contributed by atoms with Crippen molar-refractivity contribution < 1.29 is 19.1 Å². The van der Waals surface area contributed by atoms with E-state index in [9.17, 15) is 19.3 Å². The highest BCUT2D eigenvalue weighted by molar-refractivity contribution is 7.51. The number of hydrogen-bond acceptors (Lipinski definition) is 6. The Labute approximate surface area is 435 Å². The Hall–Kier alpha value is -1.57. The van der Waals surface area contributed by atoms with Crippen LogP contribution in [0.3, 0.4) is 0 Å². The van der Waals surface area contributed by atoms with Crippen molar-refractivity contribution in [3.05, 3.63) is 53.7 Å². The first-order valence-corrected chi connectivity index (χ1v) is 32.2. The molecule has 0 bridgehead atoms. The lowest BCUT2D eigenvalue weighted by molar-refractivity contribution is 0.195. The Morgan fingerprint density at radius 1 is 0.443 bits per heavy atom. The van der Waals surface area contributed by atoms with Gasteiger partial charge in [0.15, 0.2) is 0 Å². The molecule has 0 rings (SSSR count). The molecule has 0 atom stereocenters. The monoisotopic (exact) mass is 1000 g/mol. The van der Waals surface area contributed by atoms with Gasteiger partial charge in [-0.25, -0.2) is 0 Å². The zero-order valence-electron chi connectivity index (χ0n) is 46.6. The van der Waals surface area contributed by atoms with Crippen LogP contribution in [0.4, 0.5) is 0 Å². The van der Waals surface area contributed by atoms with Crippen LogP contribution in [0.1, 0.15) is 284 Å². The summed E-state index contributed by atoms with van der Waals surface area (Å²) in [4.78, 5) is 34.5. The Morgan fingerprint density at radius 2 is 0.771 bits per heavy atom. The second kappa shape index (κ2) is 56.7. The van der Waals surface area contributed by atoms with E-state index in [1.54, 1.807) is 0 Å². The van der Waals surface area contributed by atoms with Crippen LogP contribution in [0.5, 0.6) is 0 Å². The first-order chi connectivity index (χ1) is 34.3. The van der Waals surface area contributed by atoms with Gasteiger partial charge in [-0.2, -0.15) is 4.91 Å². The predicted octanol–water partition coefficient (Wildman–Crippen LogP) is 19.2. The van der Waals surface area contributed by atoms with Gasteiger partial charge in [-0.3, -0.25) is 4.57 Å². The lowest BCUT2D eigenvalue weighted by atomic mass is 10.1. The van der Waals surface area contributed by atoms with Crippen LogP contribution >= 0.6 is 7.60 Å². The molecule has 0 saturated heterocycles. The summed E-state index contributed by atoms with van der Waals surface area (Å²) in [5.74, 6) is 0.946. The normalized spacial score (nSPS) is 12.3. The molecule has 0 aromatic heterocycles. The number of nitrogens with zero attached hydrogens (tertiary/aromatic N) is 3. The SMILES string of the molecule is C=C(CCCCCCCCCN(CCCCCCCC/C=C\CCCCCCCC)CCP(=O)(O)O)OCCCCCCCCCCN(CCCCCCCC/C=C\C/C=C\CCCCC)CCN=O. The van der Waals surface area contributed by atoms with Gasteiger partial charge < -0.3 is 24.3 Å². The fourth-order valence-corrected chi connectivity index (χ4v) is 9.90. The minimum atomic E-state index is -3.97. The van der Waals surface area contributed by atoms with Crippen molar-refractivity contribution in [3.63, 3.8) is 0 Å². The molecule has 70 heavy (non-hydrogen) atoms. The summed E-state index contributed by atoms with van der Waals surface area (Å²) in [6.07, 6.45) is 66.9. The molecule has 0 heterocycles. The minimum Gasteiger partial charge on any atom is -0.499 e. The molecule has 0 radical (unpaired) electrons. The third-order valence-corrected chi connectivity index (χ3v) is 14.8. The van der Waals surface area contributed by atoms with E-state index < -0.39 is 7.60 Å². The first kappa shape index (κ1) is 68.4. The number of nitroso groups, excluding NO2 is 1. The summed E-state index contributed by atoms with van der Waals surface area (Å²) in [5.41, 5.74) is 0. The Morgan fingerprint density at radius 3 is 1.19 bits per heavy atom. The third kappa shape index (κ3) is 57.3. The summed E-state index contributed by atoms with van der Waals surface area (Å²) in [7, 11) is -3.97. The number of ether oxygens (including phenoxy) is 1. The standard InChI is InChI=1S/C61H118N3O5P/c1-4-6-8-10-12-14-16-18-20-22-24-26-28-34-40-46-53-63(57-52-62-65)54-47-41-36-30-31-38-44-50-59-69-61(3)51-45-39-33-32-37-43-49-56-64(58-60-70(66,67)68)55-48-42-35-29-27-25-23-21-19-17-15-13-11-9-7-5-2/h12,14,18-21H,3-11,13,15-17,22-60H2,1-2H3,(H2,66,67,68)/b14-12-,20-18-,21-19-. The van der Waals surface area contributed by atoms with E-state index in [0.29, 0.717) is 13.1 Å². The maximum Gasteiger partial charge on any atom is 0.326 e. The van der Waals surface area contributed by atoms with Gasteiger partial charge >= 0.3 is 7.60 Å². The van der Waals surface area contributed by atoms with E-state index in [4.69, 9.17) is 4.74 Å². The quantitative estimate of drug-likeness (QED) is 0.0206. The molecule has 0 aliphatic carbocycles. The second-order valence-electron chi connectivity index (χ2n) is 20.9. The van der Waals surface area contributed by atoms with Crippen molar-refractivity contribution in [1.29, 1.82) is 0 Å². The van der Waals surface area contributed by atoms with Gasteiger partial charge in [0.05, 0.1) is 25.1 Å². The Kier molecular flexibility index (Phi) is 55.4. The van der Waals surface area contributed by atoms with Crippen molar-refractivity contribution in [2.24, 2.45) is 5.18 Å². The maximum absolute atomic E-state index is 11.6. The maximum atomic E-state index is 11.6. The van der Waals surface area contributed by atoms with Crippen molar-refractivity contribution in [2.75, 3.05) is 58.6 Å². The highest BCUT2D eigenvalue weighted by atomic mass is 31.2. The van der Waals surface area contributed by atoms with Gasteiger partial charge in [0.1, 0.15) is 0 Å². The van der Waals surface area contributed by atoms with Crippen molar-refractivity contribution in [3.8, 4) is 0 Å². The van der Waals surface area contributed by atoms with Crippen molar-refractivity contribution in [1.82, 2.24) is 9.80 Å². The minimum absolute atomic E-state index is 0.0305. The number of rotatable bonds is 59. The van der Waals surface area contributed by atoms with Gasteiger partial charge in [0.25, 0.3) is 0 Å². The molecule has 412 valence electrons. The number of allylic oxidation sites excluding steroid dienone is 7. The lowest BCUT2D eigenvalue weighted by Crippen LogP contribution is -2.29. The fourth-order valence-electron chi connectivity index (χ4n) is 9.36. The van der Waals surface area contributed by atoms with E-state index in [1.807, 2.05) is 0 Å². The van der Waals surface area contributed by atoms with Crippen LogP contribution in [-0.4, -0.2) is 78.2 Å². The Bertz CT molecular complexity index is 1220. The van der Waals surface area contributed by atoms with Crippen LogP contribution in [0, 0.1) is 4.91 Å². The predicted molar refractivity (Wildman–Crippen MR) is 308 cm³/mol. The zero-order valence-corrected chi connectivity index (χ0v) is 47.5. The van der Waals surface area contributed by atoms with Crippen LogP contribution in [0.2, 0.25) is 0 Å². The van der Waals surface area contributed by atoms with Crippen LogP contribution in [0.15, 0.2) is 54.0 Å². The summed E-state index contributed by atoms with van der Waals surface area (Å²) >= 11 is 0. The smallest absolute Gasteiger partial charge is 0.326 e. The van der Waals surface area contributed by atoms with Gasteiger partial charge in [-0.1, -0.05) is 229 Å². The molecule has 0 aliphatic rings. The molecule has 0 aliphatic heterocycles. The average molecular weight is 1000 g/mol. The molecular weight excluding hydrogens is 886 g/mol. The summed E-state index contributed by atoms with van der Waals surface area (Å²) in [5, 5.41) is 3.14. The molecule has 9 heteroatoms. The summed E-state index contributed by atoms with van der Waals surface area (Å²) in [6.45, 7) is 15.3. The number of unbranched alkanes of at least 4 members (excludes halogenated alkanes) is 34. The van der Waals surface area contributed by atoms with Gasteiger partial charge in [0, 0.05) is 19.5 Å². The summed E-state index contributed by atoms with van der Waals surface area (Å²) < 4.78 is 17.5. The molecule has 0 unspecified atom stereocenters. The first-order valence-electron chi connectivity index (χ1n) is 30.4. The molecule has 0 aromatic carbocycles. The lowest BCUT2D eigenvalue weighted by Gasteiger charge is -2.22. The fraction of sp³-hybridized carbons (Fsp3) is 0.869. The van der Waals surface area contributed by atoms with E-state index in [-0.39, 0.29) is 6.16 Å². The van der Waals surface area contributed by atoms with E-state index >= 15 is 0 Å². The molecule has 0 saturated carbocycles. The Balaban J connectivity index is 3.76. The molecular formula is C61H118N3O5P. The zero-order chi connectivity index (χ0) is 51.0. The highest BCUT2D eigenvalue weighted by Crippen LogP contribution is 2.33.